The summed E-state index contributed by atoms with van der Waals surface area (Å²) in [6.45, 7) is 1.74. The first-order valence-corrected chi connectivity index (χ1v) is 37.0. The lowest BCUT2D eigenvalue weighted by atomic mass is 9.78. The number of alkyl halides is 7. The van der Waals surface area contributed by atoms with Crippen LogP contribution in [-0.2, 0) is 57.5 Å². The van der Waals surface area contributed by atoms with Crippen molar-refractivity contribution in [2.24, 2.45) is 29.6 Å². The van der Waals surface area contributed by atoms with Crippen molar-refractivity contribution in [3.8, 4) is 0 Å². The van der Waals surface area contributed by atoms with E-state index in [1.165, 1.54) is 61.9 Å². The van der Waals surface area contributed by atoms with E-state index in [9.17, 15) is 64.7 Å². The highest BCUT2D eigenvalue weighted by Crippen LogP contribution is 2.44. The number of likely N-dealkylation sites (tertiary alicyclic amines) is 1. The molecule has 24 nitrogen and oxygen atoms in total. The molecule has 3 heterocycles. The predicted octanol–water partition coefficient (Wildman–Crippen LogP) is 6.00. The molecule has 0 aromatic carbocycles. The fourth-order valence-electron chi connectivity index (χ4n) is 16.4. The molecule has 0 aromatic heterocycles. The largest absolute Gasteiger partial charge is 0.393 e. The zero-order chi connectivity index (χ0) is 74.6. The summed E-state index contributed by atoms with van der Waals surface area (Å²) in [6, 6.07) is -10.7. The topological polar surface area (TPSA) is 270 Å². The van der Waals surface area contributed by atoms with Gasteiger partial charge in [-0.2, -0.15) is 26.3 Å². The number of carbonyl (C=O) groups excluding carboxylic acids is 12. The minimum Gasteiger partial charge on any atom is -0.343 e. The Morgan fingerprint density at radius 3 is 1.76 bits per heavy atom. The number of likely N-dealkylation sites (N-methyl/N-ethyl adjacent to an activating group) is 7. The maximum Gasteiger partial charge on any atom is 0.393 e. The van der Waals surface area contributed by atoms with Crippen molar-refractivity contribution in [3.05, 3.63) is 0 Å². The molecule has 570 valence electrons. The number of nitrogens with one attached hydrogen (secondary N) is 3. The van der Waals surface area contributed by atoms with Crippen molar-refractivity contribution in [1.29, 1.82) is 0 Å². The first kappa shape index (κ1) is 81.8. The van der Waals surface area contributed by atoms with Gasteiger partial charge in [0.05, 0.1) is 38.4 Å². The normalized spacial score (nSPS) is 29.9. The number of fused-ring (bicyclic) bond motifs is 1. The molecule has 0 radical (unpaired) electrons. The molecule has 101 heavy (non-hydrogen) atoms. The molecule has 31 heteroatoms. The van der Waals surface area contributed by atoms with E-state index in [0.29, 0.717) is 62.7 Å². The molecule has 3 N–H and O–H groups in total. The molecule has 7 rings (SSSR count). The summed E-state index contributed by atoms with van der Waals surface area (Å²) < 4.78 is 86.3. The Labute approximate surface area is 595 Å². The van der Waals surface area contributed by atoms with Gasteiger partial charge in [-0.15, -0.1) is 11.6 Å². The summed E-state index contributed by atoms with van der Waals surface area (Å²) >= 11 is 6.38. The van der Waals surface area contributed by atoms with Crippen LogP contribution in [0.2, 0.25) is 0 Å². The van der Waals surface area contributed by atoms with Crippen LogP contribution in [0.1, 0.15) is 187 Å². The van der Waals surface area contributed by atoms with Crippen LogP contribution in [0.4, 0.5) is 26.3 Å². The second-order valence-corrected chi connectivity index (χ2v) is 30.6. The first-order chi connectivity index (χ1) is 47.5. The molecule has 3 unspecified atom stereocenters. The Hall–Kier alpha value is -6.49. The number of amides is 12. The molecule has 11 atom stereocenters. The van der Waals surface area contributed by atoms with Crippen LogP contribution < -0.4 is 16.0 Å². The SMILES string of the molecule is CC[C@H](C)[C@@H]1NC(=O)[C@H](CC(F)(F)F)N(C)C(=O)C[C@@H](C(=O)N2CCCC2)N(C)C(=O)[C@H](C2CCCCC2)N(C)C(=O)C2(CCCC2)NC(=O)[C@@H]2CCCN2C(=O)[C@H](CCC2CCC(C(F)(F)F)C(Cl)C2)NC(=O)CN(C)C(=O)[C@H](CC2CCCCC2)N(C)C(=O)CN(C)C(=O)CN(C)C1=O. The predicted molar refractivity (Wildman–Crippen MR) is 361 cm³/mol. The standard InChI is InChI=1S/C70H109ClF6N12O12/c1-10-43(2)58-65(99)83(5)41-56(92)81(3)42-57(93)84(6)51(37-44-22-13-11-14-23-44)63(97)82(4)40-54(90)78-49(30-28-45-27-29-47(48(71)36-45)70(75,76)77)62(96)89-35-21-26-50(89)61(95)80-68(31-17-18-32-68)67(101)87(9)59(46-24-15-12-16-25-46)66(100)86(8)52(64(98)88-33-19-20-34-88)38-55(91)85(7)53(60(94)79-58)39-69(72,73)74/h43-53,58-59H,10-42H2,1-9H3,(H,78,90)(H,79,94)(H,80,95)/t43-,45?,47?,48?,49-,50-,51-,52-,53-,58-,59-/m0/s1. The van der Waals surface area contributed by atoms with Crippen LogP contribution in [0.3, 0.4) is 0 Å². The van der Waals surface area contributed by atoms with E-state index < -0.39 is 193 Å². The van der Waals surface area contributed by atoms with Gasteiger partial charge in [0, 0.05) is 74.3 Å². The van der Waals surface area contributed by atoms with Crippen molar-refractivity contribution in [2.45, 2.75) is 253 Å². The van der Waals surface area contributed by atoms with Gasteiger partial charge in [-0.3, -0.25) is 57.5 Å². The number of rotatable bonds is 10. The smallest absolute Gasteiger partial charge is 0.343 e. The lowest BCUT2D eigenvalue weighted by molar-refractivity contribution is -0.182. The summed E-state index contributed by atoms with van der Waals surface area (Å²) in [5, 5.41) is 7.01. The molecule has 4 aliphatic carbocycles. The van der Waals surface area contributed by atoms with E-state index in [0.717, 1.165) is 65.2 Å². The van der Waals surface area contributed by atoms with Crippen LogP contribution in [-0.4, -0.2) is 269 Å². The second-order valence-electron chi connectivity index (χ2n) is 30.1. The third kappa shape index (κ3) is 20.9. The van der Waals surface area contributed by atoms with Crippen molar-refractivity contribution >= 4 is 82.5 Å². The lowest BCUT2D eigenvalue weighted by Gasteiger charge is -2.43. The highest BCUT2D eigenvalue weighted by Gasteiger charge is 2.53. The van der Waals surface area contributed by atoms with Crippen molar-refractivity contribution in [2.75, 3.05) is 88.6 Å². The van der Waals surface area contributed by atoms with Crippen molar-refractivity contribution in [1.82, 2.24) is 60.0 Å². The zero-order valence-electron chi connectivity index (χ0n) is 60.4. The fourth-order valence-corrected chi connectivity index (χ4v) is 16.9. The second kappa shape index (κ2) is 35.8. The monoisotopic (exact) mass is 1460 g/mol. The van der Waals surface area contributed by atoms with Crippen LogP contribution in [0.5, 0.6) is 0 Å². The van der Waals surface area contributed by atoms with E-state index in [-0.39, 0.29) is 89.8 Å². The number of hydrogen-bond donors (Lipinski definition) is 3. The molecule has 1 spiro atoms. The van der Waals surface area contributed by atoms with Gasteiger partial charge in [0.2, 0.25) is 70.9 Å². The summed E-state index contributed by atoms with van der Waals surface area (Å²) in [5.41, 5.74) is -1.64. The molecular weight excluding hydrogens is 1350 g/mol. The Morgan fingerprint density at radius 2 is 1.17 bits per heavy atom. The molecule has 4 saturated carbocycles. The van der Waals surface area contributed by atoms with Gasteiger partial charge >= 0.3 is 12.4 Å². The Kier molecular flexibility index (Phi) is 29.0. The molecule has 3 aliphatic heterocycles. The Balaban J connectivity index is 1.28. The average Bonchev–Trinajstić information content (AvgIpc) is 1.76. The number of halogens is 7. The summed E-state index contributed by atoms with van der Waals surface area (Å²) in [5.74, 6) is -13.4. The van der Waals surface area contributed by atoms with Gasteiger partial charge in [-0.1, -0.05) is 84.5 Å². The first-order valence-electron chi connectivity index (χ1n) is 36.6. The highest BCUT2D eigenvalue weighted by molar-refractivity contribution is 6.21. The molecule has 0 aromatic rings. The van der Waals surface area contributed by atoms with Gasteiger partial charge < -0.3 is 60.0 Å². The van der Waals surface area contributed by atoms with Crippen LogP contribution in [0.15, 0.2) is 0 Å². The fraction of sp³-hybridized carbons (Fsp3) is 0.829. The maximum atomic E-state index is 15.7. The van der Waals surface area contributed by atoms with Gasteiger partial charge in [-0.05, 0) is 114 Å². The highest BCUT2D eigenvalue weighted by atomic mass is 35.5. The quantitative estimate of drug-likeness (QED) is 0.168. The van der Waals surface area contributed by atoms with Gasteiger partial charge in [0.1, 0.15) is 47.8 Å². The number of hydrogen-bond acceptors (Lipinski definition) is 12. The lowest BCUT2D eigenvalue weighted by Crippen LogP contribution is -2.65. The molecular formula is C70H109ClF6N12O12. The van der Waals surface area contributed by atoms with E-state index >= 15 is 19.2 Å². The number of nitrogens with zero attached hydrogens (tertiary/aromatic N) is 9. The minimum absolute atomic E-state index is 0.0232. The van der Waals surface area contributed by atoms with E-state index in [1.54, 1.807) is 13.8 Å². The average molecular weight is 1460 g/mol. The molecule has 7 aliphatic rings. The summed E-state index contributed by atoms with van der Waals surface area (Å²) in [7, 11) is 8.90. The third-order valence-corrected chi connectivity index (χ3v) is 23.4. The van der Waals surface area contributed by atoms with Crippen LogP contribution in [0.25, 0.3) is 0 Å². The van der Waals surface area contributed by atoms with Crippen molar-refractivity contribution < 1.29 is 83.9 Å². The molecule has 0 bridgehead atoms. The zero-order valence-corrected chi connectivity index (χ0v) is 61.2. The van der Waals surface area contributed by atoms with Gasteiger partial charge in [-0.25, -0.2) is 0 Å². The van der Waals surface area contributed by atoms with E-state index in [2.05, 4.69) is 16.0 Å². The van der Waals surface area contributed by atoms with E-state index in [1.807, 2.05) is 0 Å². The third-order valence-electron chi connectivity index (χ3n) is 22.9. The maximum absolute atomic E-state index is 15.7. The molecule has 12 amide bonds. The minimum atomic E-state index is -5.09. The van der Waals surface area contributed by atoms with E-state index in [4.69, 9.17) is 11.6 Å². The number of carbonyl (C=O) groups is 12. The molecule has 7 fully saturated rings. The van der Waals surface area contributed by atoms with Crippen LogP contribution in [0, 0.1) is 29.6 Å². The molecule has 3 saturated heterocycles. The Morgan fingerprint density at radius 1 is 0.574 bits per heavy atom. The summed E-state index contributed by atoms with van der Waals surface area (Å²) in [4.78, 5) is 188. The van der Waals surface area contributed by atoms with Crippen LogP contribution >= 0.6 is 11.6 Å². The van der Waals surface area contributed by atoms with Crippen molar-refractivity contribution in [3.63, 3.8) is 0 Å². The van der Waals surface area contributed by atoms with Gasteiger partial charge in [0.25, 0.3) is 0 Å². The Bertz CT molecular complexity index is 2960. The summed E-state index contributed by atoms with van der Waals surface area (Å²) in [6.07, 6.45) is -2.27. The van der Waals surface area contributed by atoms with Gasteiger partial charge in [0.15, 0.2) is 0 Å².